The van der Waals surface area contributed by atoms with Crippen molar-refractivity contribution < 1.29 is 32.2 Å². The van der Waals surface area contributed by atoms with Gasteiger partial charge in [0, 0.05) is 6.08 Å². The molecule has 1 atom stereocenters. The Kier molecular flexibility index (Phi) is 10.2. The first-order valence-electron chi connectivity index (χ1n) is 10.7. The minimum absolute atomic E-state index is 0.00196. The molecule has 34 heavy (non-hydrogen) atoms. The third-order valence-corrected chi connectivity index (χ3v) is 6.78. The van der Waals surface area contributed by atoms with Crippen LogP contribution in [0.2, 0.25) is 0 Å². The van der Waals surface area contributed by atoms with Crippen molar-refractivity contribution in [2.24, 2.45) is 5.84 Å². The monoisotopic (exact) mass is 490 g/mol. The van der Waals surface area contributed by atoms with E-state index in [0.29, 0.717) is 40.6 Å². The van der Waals surface area contributed by atoms with Crippen LogP contribution in [0.25, 0.3) is 0 Å². The predicted molar refractivity (Wildman–Crippen MR) is 126 cm³/mol. The summed E-state index contributed by atoms with van der Waals surface area (Å²) < 4.78 is 42.4. The first kappa shape index (κ1) is 27.0. The fraction of sp³-hybridized carbons (Fsp3) is 0.333. The summed E-state index contributed by atoms with van der Waals surface area (Å²) in [5.74, 6) is 5.31. The Morgan fingerprint density at radius 2 is 1.65 bits per heavy atom. The lowest BCUT2D eigenvalue weighted by Gasteiger charge is -2.26. The summed E-state index contributed by atoms with van der Waals surface area (Å²) >= 11 is 0. The highest BCUT2D eigenvalue weighted by atomic mass is 32.2. The van der Waals surface area contributed by atoms with Crippen molar-refractivity contribution in [3.05, 3.63) is 72.3 Å². The predicted octanol–water partition coefficient (Wildman–Crippen LogP) is 3.05. The van der Waals surface area contributed by atoms with Gasteiger partial charge in [0.25, 0.3) is 10.0 Å². The second-order valence-corrected chi connectivity index (χ2v) is 9.19. The molecule has 0 aliphatic heterocycles. The van der Waals surface area contributed by atoms with E-state index in [1.165, 1.54) is 13.2 Å². The van der Waals surface area contributed by atoms with Crippen LogP contribution in [-0.2, 0) is 29.1 Å². The molecular weight excluding hydrogens is 460 g/mol. The Balaban J connectivity index is 2.15. The number of sulfonamides is 1. The summed E-state index contributed by atoms with van der Waals surface area (Å²) in [6.07, 6.45) is 2.81. The van der Waals surface area contributed by atoms with E-state index in [1.807, 2.05) is 0 Å². The average Bonchev–Trinajstić information content (AvgIpc) is 2.83. The minimum Gasteiger partial charge on any atom is -0.497 e. The summed E-state index contributed by atoms with van der Waals surface area (Å²) in [5.41, 5.74) is 0.832. The van der Waals surface area contributed by atoms with Crippen molar-refractivity contribution in [2.75, 3.05) is 20.3 Å². The van der Waals surface area contributed by atoms with Crippen LogP contribution >= 0.6 is 0 Å². The summed E-state index contributed by atoms with van der Waals surface area (Å²) in [7, 11) is -2.71. The van der Waals surface area contributed by atoms with Crippen LogP contribution in [0.15, 0.2) is 66.1 Å². The van der Waals surface area contributed by atoms with Crippen LogP contribution in [0.1, 0.15) is 36.4 Å². The van der Waals surface area contributed by atoms with Gasteiger partial charge in [-0.25, -0.2) is 18.0 Å². The molecule has 0 fully saturated rings. The van der Waals surface area contributed by atoms with Crippen molar-refractivity contribution in [3.63, 3.8) is 0 Å². The van der Waals surface area contributed by atoms with Gasteiger partial charge in [-0.1, -0.05) is 36.9 Å². The quantitative estimate of drug-likeness (QED) is 0.149. The van der Waals surface area contributed by atoms with E-state index in [9.17, 15) is 18.0 Å². The van der Waals surface area contributed by atoms with Gasteiger partial charge in [0.15, 0.2) is 6.04 Å². The largest absolute Gasteiger partial charge is 0.497 e. The Hall–Kier alpha value is -3.21. The number of hydrogen-bond acceptors (Lipinski definition) is 8. The van der Waals surface area contributed by atoms with Crippen LogP contribution in [0.5, 0.6) is 5.75 Å². The topological polar surface area (TPSA) is 125 Å². The lowest BCUT2D eigenvalue weighted by atomic mass is 10.1. The molecule has 2 N–H and O–H groups in total. The highest BCUT2D eigenvalue weighted by Gasteiger charge is 2.37. The molecule has 2 aromatic rings. The molecule has 0 aliphatic carbocycles. The first-order valence-corrected chi connectivity index (χ1v) is 12.1. The molecule has 0 amide bonds. The van der Waals surface area contributed by atoms with Gasteiger partial charge < -0.3 is 14.2 Å². The number of unbranched alkanes of at least 4 members (excludes halogenated alkanes) is 2. The van der Waals surface area contributed by atoms with E-state index in [0.717, 1.165) is 6.08 Å². The molecule has 0 saturated carbocycles. The number of ether oxygens (including phenoxy) is 3. The molecule has 0 bridgehead atoms. The summed E-state index contributed by atoms with van der Waals surface area (Å²) in [6, 6.07) is 11.3. The number of hydrazine groups is 1. The number of carbonyl (C=O) groups excluding carboxylic acids is 2. The van der Waals surface area contributed by atoms with Gasteiger partial charge >= 0.3 is 11.9 Å². The fourth-order valence-electron chi connectivity index (χ4n) is 3.14. The number of benzene rings is 2. The molecule has 184 valence electrons. The number of hydrogen-bond donors (Lipinski definition) is 1. The maximum absolute atomic E-state index is 13.2. The van der Waals surface area contributed by atoms with E-state index in [1.54, 1.807) is 49.4 Å². The van der Waals surface area contributed by atoms with Gasteiger partial charge in [0.05, 0.1) is 25.2 Å². The number of carbonyl (C=O) groups is 2. The van der Waals surface area contributed by atoms with Crippen molar-refractivity contribution in [2.45, 2.75) is 37.1 Å². The van der Waals surface area contributed by atoms with Gasteiger partial charge in [-0.2, -0.15) is 0 Å². The number of rotatable bonds is 13. The zero-order chi connectivity index (χ0) is 25.1. The molecule has 9 nitrogen and oxygen atoms in total. The van der Waals surface area contributed by atoms with Crippen molar-refractivity contribution in [1.82, 2.24) is 4.41 Å². The molecular formula is C24H30N2O7S. The zero-order valence-corrected chi connectivity index (χ0v) is 20.1. The van der Waals surface area contributed by atoms with Gasteiger partial charge in [0.1, 0.15) is 5.75 Å². The van der Waals surface area contributed by atoms with E-state index in [2.05, 4.69) is 6.58 Å². The maximum Gasteiger partial charge on any atom is 0.330 e. The van der Waals surface area contributed by atoms with Gasteiger partial charge in [-0.05, 0) is 55.5 Å². The fourth-order valence-corrected chi connectivity index (χ4v) is 4.57. The third kappa shape index (κ3) is 7.14. The molecule has 10 heteroatoms. The van der Waals surface area contributed by atoms with E-state index in [4.69, 9.17) is 20.1 Å². The molecule has 0 heterocycles. The van der Waals surface area contributed by atoms with Crippen molar-refractivity contribution >= 4 is 22.0 Å². The van der Waals surface area contributed by atoms with Gasteiger partial charge in [-0.3, -0.25) is 5.84 Å². The zero-order valence-electron chi connectivity index (χ0n) is 19.3. The van der Waals surface area contributed by atoms with Gasteiger partial charge in [0.2, 0.25) is 0 Å². The molecule has 0 aliphatic rings. The Morgan fingerprint density at radius 1 is 1.03 bits per heavy atom. The molecule has 2 aromatic carbocycles. The van der Waals surface area contributed by atoms with Crippen LogP contribution in [0.4, 0.5) is 0 Å². The summed E-state index contributed by atoms with van der Waals surface area (Å²) in [5, 5.41) is 0. The number of nitrogens with two attached hydrogens (primary N) is 1. The SMILES string of the molecule is C=CC(=O)OCCCCCOC(=O)C(c1ccc(OC)cc1)N(N)S(=O)(=O)c1ccccc1C. The van der Waals surface area contributed by atoms with Crippen LogP contribution in [-0.4, -0.2) is 45.1 Å². The minimum atomic E-state index is -4.21. The number of nitrogens with zero attached hydrogens (tertiary/aromatic N) is 1. The Bertz CT molecular complexity index is 1080. The van der Waals surface area contributed by atoms with Crippen molar-refractivity contribution in [1.29, 1.82) is 0 Å². The second-order valence-electron chi connectivity index (χ2n) is 7.38. The molecule has 0 spiro atoms. The van der Waals surface area contributed by atoms with Gasteiger partial charge in [-0.15, -0.1) is 4.41 Å². The molecule has 1 unspecified atom stereocenters. The molecule has 0 aromatic heterocycles. The summed E-state index contributed by atoms with van der Waals surface area (Å²) in [4.78, 5) is 24.0. The van der Waals surface area contributed by atoms with Crippen LogP contribution in [0, 0.1) is 6.92 Å². The maximum atomic E-state index is 13.2. The second kappa shape index (κ2) is 12.9. The lowest BCUT2D eigenvalue weighted by molar-refractivity contribution is -0.148. The highest BCUT2D eigenvalue weighted by Crippen LogP contribution is 2.28. The van der Waals surface area contributed by atoms with E-state index < -0.39 is 28.0 Å². The first-order chi connectivity index (χ1) is 16.2. The van der Waals surface area contributed by atoms with Crippen LogP contribution < -0.4 is 10.6 Å². The smallest absolute Gasteiger partial charge is 0.330 e. The van der Waals surface area contributed by atoms with Crippen LogP contribution in [0.3, 0.4) is 0 Å². The van der Waals surface area contributed by atoms with E-state index in [-0.39, 0.29) is 18.1 Å². The number of esters is 2. The highest BCUT2D eigenvalue weighted by molar-refractivity contribution is 7.89. The Morgan fingerprint density at radius 3 is 2.24 bits per heavy atom. The summed E-state index contributed by atoms with van der Waals surface area (Å²) in [6.45, 7) is 5.25. The molecule has 2 rings (SSSR count). The number of aryl methyl sites for hydroxylation is 1. The number of methoxy groups -OCH3 is 1. The molecule has 0 radical (unpaired) electrons. The van der Waals surface area contributed by atoms with Crippen molar-refractivity contribution in [3.8, 4) is 5.75 Å². The molecule has 0 saturated heterocycles. The van der Waals surface area contributed by atoms with E-state index >= 15 is 0 Å². The average molecular weight is 491 g/mol. The lowest BCUT2D eigenvalue weighted by Crippen LogP contribution is -2.44. The Labute approximate surface area is 200 Å². The standard InChI is InChI=1S/C24H30N2O7S/c1-4-22(27)32-16-8-5-9-17-33-24(28)23(19-12-14-20(31-3)15-13-19)26(25)34(29,30)21-11-7-6-10-18(21)2/h4,6-7,10-15,23H,1,5,8-9,16-17,25H2,2-3H3. The third-order valence-electron chi connectivity index (χ3n) is 5.00. The normalized spacial score (nSPS) is 12.1.